The first-order valence-corrected chi connectivity index (χ1v) is 10.5. The van der Waals surface area contributed by atoms with Gasteiger partial charge in [0, 0.05) is 28.9 Å². The van der Waals surface area contributed by atoms with Crippen molar-refractivity contribution in [2.75, 3.05) is 6.61 Å². The van der Waals surface area contributed by atoms with Gasteiger partial charge in [0.1, 0.15) is 0 Å². The van der Waals surface area contributed by atoms with Crippen molar-refractivity contribution in [2.45, 2.75) is 52.1 Å². The number of Topliss-reactive ketones (excluding diaryl/α,β-unsaturated/α-hetero) is 1. The molecule has 4 aliphatic carbocycles. The van der Waals surface area contributed by atoms with Gasteiger partial charge in [-0.3, -0.25) is 9.59 Å². The SMILES string of the molecule is CC12C=CC(=O)C=C1CCC1C2C(O)CC2(C)C(C(=O)COC(=O)Cl)CCC12. The van der Waals surface area contributed by atoms with Crippen LogP contribution in [0.5, 0.6) is 0 Å². The lowest BCUT2D eigenvalue weighted by molar-refractivity contribution is -0.141. The van der Waals surface area contributed by atoms with Crippen molar-refractivity contribution in [3.63, 3.8) is 0 Å². The number of hydrogen-bond donors (Lipinski definition) is 1. The van der Waals surface area contributed by atoms with Crippen LogP contribution in [0.2, 0.25) is 0 Å². The number of ketones is 2. The summed E-state index contributed by atoms with van der Waals surface area (Å²) in [4.78, 5) is 35.5. The summed E-state index contributed by atoms with van der Waals surface area (Å²) >= 11 is 5.22. The first-order chi connectivity index (χ1) is 13.2. The van der Waals surface area contributed by atoms with Gasteiger partial charge in [-0.2, -0.15) is 0 Å². The van der Waals surface area contributed by atoms with Gasteiger partial charge in [0.15, 0.2) is 18.2 Å². The number of ether oxygens (including phenoxy) is 1. The molecule has 3 fully saturated rings. The van der Waals surface area contributed by atoms with Crippen molar-refractivity contribution in [3.05, 3.63) is 23.8 Å². The molecule has 3 saturated carbocycles. The average Bonchev–Trinajstić information content (AvgIpc) is 2.96. The summed E-state index contributed by atoms with van der Waals surface area (Å²) in [5.74, 6) is 0.409. The monoisotopic (exact) mass is 406 g/mol. The molecule has 0 aromatic heterocycles. The molecule has 0 aromatic carbocycles. The summed E-state index contributed by atoms with van der Waals surface area (Å²) in [5.41, 5.74) is -0.436. The number of halogens is 1. The number of rotatable bonds is 3. The van der Waals surface area contributed by atoms with Crippen LogP contribution in [0.3, 0.4) is 0 Å². The second-order valence-corrected chi connectivity index (χ2v) is 9.73. The Bertz CT molecular complexity index is 786. The molecule has 0 radical (unpaired) electrons. The van der Waals surface area contributed by atoms with Gasteiger partial charge in [-0.1, -0.05) is 25.5 Å². The van der Waals surface area contributed by atoms with Crippen LogP contribution in [0.15, 0.2) is 23.8 Å². The van der Waals surface area contributed by atoms with E-state index in [9.17, 15) is 19.5 Å². The second kappa shape index (κ2) is 6.81. The summed E-state index contributed by atoms with van der Waals surface area (Å²) < 4.78 is 4.74. The summed E-state index contributed by atoms with van der Waals surface area (Å²) in [6.45, 7) is 3.96. The number of aliphatic hydroxyl groups excluding tert-OH is 1. The molecule has 7 unspecified atom stereocenters. The number of carbonyl (C=O) groups is 3. The molecule has 4 rings (SSSR count). The van der Waals surface area contributed by atoms with Crippen LogP contribution in [0.1, 0.15) is 46.0 Å². The van der Waals surface area contributed by atoms with Crippen molar-refractivity contribution >= 4 is 28.6 Å². The van der Waals surface area contributed by atoms with E-state index in [1.807, 2.05) is 6.08 Å². The van der Waals surface area contributed by atoms with E-state index in [0.29, 0.717) is 18.3 Å². The third-order valence-electron chi connectivity index (χ3n) is 8.21. The van der Waals surface area contributed by atoms with Gasteiger partial charge in [-0.05, 0) is 61.5 Å². The van der Waals surface area contributed by atoms with Crippen molar-refractivity contribution in [3.8, 4) is 0 Å². The smallest absolute Gasteiger partial charge is 0.404 e. The zero-order valence-corrected chi connectivity index (χ0v) is 17.1. The Morgan fingerprint density at radius 3 is 2.75 bits per heavy atom. The largest absolute Gasteiger partial charge is 0.446 e. The molecule has 0 amide bonds. The van der Waals surface area contributed by atoms with Crippen LogP contribution >= 0.6 is 11.6 Å². The molecule has 0 bridgehead atoms. The fourth-order valence-electron chi connectivity index (χ4n) is 7.08. The second-order valence-electron chi connectivity index (χ2n) is 9.42. The van der Waals surface area contributed by atoms with E-state index in [-0.39, 0.29) is 40.8 Å². The molecule has 0 aliphatic heterocycles. The quantitative estimate of drug-likeness (QED) is 0.720. The van der Waals surface area contributed by atoms with Gasteiger partial charge >= 0.3 is 5.43 Å². The average molecular weight is 407 g/mol. The summed E-state index contributed by atoms with van der Waals surface area (Å²) in [7, 11) is 0. The molecular formula is C22H27ClO5. The Morgan fingerprint density at radius 1 is 1.29 bits per heavy atom. The Morgan fingerprint density at radius 2 is 2.04 bits per heavy atom. The van der Waals surface area contributed by atoms with Gasteiger partial charge in [-0.25, -0.2) is 4.79 Å². The van der Waals surface area contributed by atoms with Gasteiger partial charge in [0.25, 0.3) is 0 Å². The van der Waals surface area contributed by atoms with E-state index in [2.05, 4.69) is 13.8 Å². The summed E-state index contributed by atoms with van der Waals surface area (Å²) in [6, 6.07) is 0. The molecule has 0 spiro atoms. The van der Waals surface area contributed by atoms with Crippen LogP contribution in [-0.2, 0) is 14.3 Å². The van der Waals surface area contributed by atoms with E-state index in [1.54, 1.807) is 12.2 Å². The minimum atomic E-state index is -0.963. The predicted molar refractivity (Wildman–Crippen MR) is 104 cm³/mol. The maximum atomic E-state index is 12.7. The Hall–Kier alpha value is -1.46. The van der Waals surface area contributed by atoms with Gasteiger partial charge in [0.2, 0.25) is 0 Å². The lowest BCUT2D eigenvalue weighted by Crippen LogP contribution is -2.56. The summed E-state index contributed by atoms with van der Waals surface area (Å²) in [5, 5.41) is 11.2. The van der Waals surface area contributed by atoms with E-state index in [4.69, 9.17) is 16.3 Å². The van der Waals surface area contributed by atoms with Crippen LogP contribution in [-0.4, -0.2) is 34.8 Å². The lowest BCUT2D eigenvalue weighted by Gasteiger charge is -2.58. The zero-order chi connectivity index (χ0) is 20.3. The van der Waals surface area contributed by atoms with Crippen LogP contribution < -0.4 is 0 Å². The Kier molecular flexibility index (Phi) is 4.82. The van der Waals surface area contributed by atoms with E-state index in [0.717, 1.165) is 31.3 Å². The lowest BCUT2D eigenvalue weighted by atomic mass is 9.46. The fraction of sp³-hybridized carbons (Fsp3) is 0.682. The topological polar surface area (TPSA) is 80.7 Å². The zero-order valence-electron chi connectivity index (χ0n) is 16.3. The number of carbonyl (C=O) groups excluding carboxylic acids is 3. The number of hydrogen-bond acceptors (Lipinski definition) is 5. The standard InChI is InChI=1S/C22H27ClO5/c1-21-8-7-13(24)9-12(21)3-4-14-15-5-6-16(18(26)11-28-20(23)27)22(15,2)10-17(25)19(14)21/h7-9,14-17,19,25H,3-6,10-11H2,1-2H3. The molecule has 7 atom stereocenters. The molecule has 1 N–H and O–H groups in total. The fourth-order valence-corrected chi connectivity index (χ4v) is 7.14. The number of fused-ring (bicyclic) bond motifs is 5. The van der Waals surface area contributed by atoms with Crippen molar-refractivity contribution in [1.82, 2.24) is 0 Å². The van der Waals surface area contributed by atoms with Gasteiger partial charge < -0.3 is 9.84 Å². The minimum absolute atomic E-state index is 0.0291. The minimum Gasteiger partial charge on any atom is -0.446 e. The maximum Gasteiger partial charge on any atom is 0.404 e. The van der Waals surface area contributed by atoms with Gasteiger partial charge in [0.05, 0.1) is 6.10 Å². The van der Waals surface area contributed by atoms with Gasteiger partial charge in [-0.15, -0.1) is 0 Å². The predicted octanol–water partition coefficient (Wildman–Crippen LogP) is 3.83. The van der Waals surface area contributed by atoms with Crippen LogP contribution in [0.25, 0.3) is 0 Å². The van der Waals surface area contributed by atoms with Crippen LogP contribution in [0.4, 0.5) is 4.79 Å². The third kappa shape index (κ3) is 2.89. The Balaban J connectivity index is 1.62. The molecule has 0 saturated heterocycles. The third-order valence-corrected chi connectivity index (χ3v) is 8.32. The first kappa shape index (κ1) is 19.8. The highest BCUT2D eigenvalue weighted by Crippen LogP contribution is 2.66. The molecule has 5 nitrogen and oxygen atoms in total. The molecule has 4 aliphatic rings. The van der Waals surface area contributed by atoms with Crippen molar-refractivity contribution in [1.29, 1.82) is 0 Å². The molecular weight excluding hydrogens is 380 g/mol. The number of allylic oxidation sites excluding steroid dienone is 4. The molecule has 152 valence electrons. The van der Waals surface area contributed by atoms with Crippen molar-refractivity contribution < 1.29 is 24.2 Å². The van der Waals surface area contributed by atoms with Crippen molar-refractivity contribution in [2.24, 2.45) is 34.5 Å². The van der Waals surface area contributed by atoms with E-state index < -0.39 is 11.5 Å². The summed E-state index contributed by atoms with van der Waals surface area (Å²) in [6.07, 6.45) is 8.86. The first-order valence-electron chi connectivity index (χ1n) is 10.1. The van der Waals surface area contributed by atoms with E-state index in [1.165, 1.54) is 0 Å². The van der Waals surface area contributed by atoms with E-state index >= 15 is 0 Å². The highest BCUT2D eigenvalue weighted by molar-refractivity contribution is 6.61. The normalized spacial score (nSPS) is 44.2. The number of aliphatic hydroxyl groups is 1. The molecule has 28 heavy (non-hydrogen) atoms. The molecule has 0 heterocycles. The highest BCUT2D eigenvalue weighted by atomic mass is 35.5. The Labute approximate surface area is 170 Å². The maximum absolute atomic E-state index is 12.7. The molecule has 0 aromatic rings. The highest BCUT2D eigenvalue weighted by Gasteiger charge is 2.62. The van der Waals surface area contributed by atoms with Crippen LogP contribution in [0, 0.1) is 34.5 Å². The molecule has 6 heteroatoms.